The molecule has 0 aliphatic heterocycles. The van der Waals surface area contributed by atoms with E-state index in [1.54, 1.807) is 7.11 Å². The average molecular weight is 489 g/mol. The third-order valence-corrected chi connectivity index (χ3v) is 6.68. The molecule has 0 aromatic heterocycles. The normalized spacial score (nSPS) is 10.7. The molecule has 0 amide bonds. The van der Waals surface area contributed by atoms with Crippen LogP contribution in [0.5, 0.6) is 5.75 Å². The maximum absolute atomic E-state index is 14.9. The topological polar surface area (TPSA) is 18.5 Å². The summed E-state index contributed by atoms with van der Waals surface area (Å²) in [6, 6.07) is 27.7. The minimum absolute atomic E-state index is 0.209. The Kier molecular flexibility index (Phi) is 8.22. The number of hydrogen-bond acceptors (Lipinski definition) is 3. The van der Waals surface area contributed by atoms with Gasteiger partial charge in [-0.05, 0) is 47.7 Å². The van der Waals surface area contributed by atoms with Crippen molar-refractivity contribution in [3.05, 3.63) is 131 Å². The summed E-state index contributed by atoms with van der Waals surface area (Å²) in [6.45, 7) is 4.19. The van der Waals surface area contributed by atoms with E-state index in [4.69, 9.17) is 9.47 Å². The van der Waals surface area contributed by atoms with Gasteiger partial charge in [-0.2, -0.15) is 0 Å². The van der Waals surface area contributed by atoms with Crippen molar-refractivity contribution in [1.29, 1.82) is 0 Å². The van der Waals surface area contributed by atoms with E-state index in [2.05, 4.69) is 18.7 Å². The highest BCUT2D eigenvalue weighted by Gasteiger charge is 2.17. The quantitative estimate of drug-likeness (QED) is 0.210. The fourth-order valence-electron chi connectivity index (χ4n) is 3.73. The molecule has 0 aliphatic rings. The number of hydrogen-bond donors (Lipinski definition) is 0. The maximum atomic E-state index is 14.9. The molecular formula is C30H26F2O2S. The molecule has 35 heavy (non-hydrogen) atoms. The smallest absolute Gasteiger partial charge is 0.140 e. The Morgan fingerprint density at radius 2 is 1.51 bits per heavy atom. The van der Waals surface area contributed by atoms with Crippen LogP contribution < -0.4 is 4.74 Å². The van der Waals surface area contributed by atoms with Gasteiger partial charge < -0.3 is 9.47 Å². The van der Waals surface area contributed by atoms with Crippen LogP contribution in [0.25, 0.3) is 5.76 Å². The second-order valence-electron chi connectivity index (χ2n) is 8.02. The molecule has 0 heterocycles. The fraction of sp³-hybridized carbons (Fsp3) is 0.133. The predicted molar refractivity (Wildman–Crippen MR) is 138 cm³/mol. The summed E-state index contributed by atoms with van der Waals surface area (Å²) in [4.78, 5) is 1.02. The van der Waals surface area contributed by atoms with Crippen LogP contribution in [0.15, 0.2) is 107 Å². The molecule has 0 unspecified atom stereocenters. The molecule has 178 valence electrons. The molecule has 0 fully saturated rings. The molecule has 4 aromatic carbocycles. The summed E-state index contributed by atoms with van der Waals surface area (Å²) in [5.74, 6) is -0.405. The van der Waals surface area contributed by atoms with Crippen LogP contribution in [0.4, 0.5) is 8.78 Å². The van der Waals surface area contributed by atoms with Crippen LogP contribution >= 0.6 is 11.8 Å². The van der Waals surface area contributed by atoms with Crippen LogP contribution in [0, 0.1) is 11.6 Å². The van der Waals surface area contributed by atoms with Gasteiger partial charge in [0, 0.05) is 16.5 Å². The summed E-state index contributed by atoms with van der Waals surface area (Å²) >= 11 is 1.19. The summed E-state index contributed by atoms with van der Waals surface area (Å²) in [5, 5.41) is 0. The van der Waals surface area contributed by atoms with Crippen LogP contribution in [-0.4, -0.2) is 7.11 Å². The molecule has 0 saturated heterocycles. The Morgan fingerprint density at radius 1 is 0.829 bits per heavy atom. The van der Waals surface area contributed by atoms with E-state index in [-0.39, 0.29) is 22.8 Å². The van der Waals surface area contributed by atoms with Gasteiger partial charge in [0.1, 0.15) is 29.8 Å². The highest BCUT2D eigenvalue weighted by molar-refractivity contribution is 7.99. The van der Waals surface area contributed by atoms with E-state index in [1.807, 2.05) is 66.7 Å². The average Bonchev–Trinajstić information content (AvgIpc) is 2.89. The van der Waals surface area contributed by atoms with Crippen molar-refractivity contribution in [1.82, 2.24) is 0 Å². The summed E-state index contributed by atoms with van der Waals surface area (Å²) < 4.78 is 40.4. The predicted octanol–water partition coefficient (Wildman–Crippen LogP) is 8.10. The third-order valence-electron chi connectivity index (χ3n) is 5.57. The third kappa shape index (κ3) is 6.52. The second kappa shape index (κ2) is 11.7. The Morgan fingerprint density at radius 3 is 2.20 bits per heavy atom. The van der Waals surface area contributed by atoms with E-state index in [1.165, 1.54) is 23.4 Å². The Balaban J connectivity index is 1.53. The lowest BCUT2D eigenvalue weighted by Gasteiger charge is -2.16. The highest BCUT2D eigenvalue weighted by Crippen LogP contribution is 2.38. The molecule has 5 heteroatoms. The first-order chi connectivity index (χ1) is 17.0. The maximum Gasteiger partial charge on any atom is 0.140 e. The van der Waals surface area contributed by atoms with Crippen molar-refractivity contribution < 1.29 is 18.3 Å². The van der Waals surface area contributed by atoms with Gasteiger partial charge in [-0.15, -0.1) is 0 Å². The Hall–Kier alpha value is -3.57. The van der Waals surface area contributed by atoms with Crippen molar-refractivity contribution in [3.8, 4) is 5.75 Å². The van der Waals surface area contributed by atoms with E-state index < -0.39 is 11.6 Å². The van der Waals surface area contributed by atoms with Crippen molar-refractivity contribution in [2.75, 3.05) is 7.11 Å². The fourth-order valence-corrected chi connectivity index (χ4v) is 4.71. The molecule has 4 aromatic rings. The van der Waals surface area contributed by atoms with Gasteiger partial charge in [-0.3, -0.25) is 0 Å². The number of rotatable bonds is 10. The van der Waals surface area contributed by atoms with Crippen molar-refractivity contribution in [2.45, 2.75) is 29.2 Å². The van der Waals surface area contributed by atoms with Gasteiger partial charge in [0.25, 0.3) is 0 Å². The summed E-state index contributed by atoms with van der Waals surface area (Å²) in [5.41, 5.74) is 3.54. The Bertz CT molecular complexity index is 1290. The van der Waals surface area contributed by atoms with Gasteiger partial charge >= 0.3 is 0 Å². The summed E-state index contributed by atoms with van der Waals surface area (Å²) in [7, 11) is 1.62. The first-order valence-corrected chi connectivity index (χ1v) is 12.1. The summed E-state index contributed by atoms with van der Waals surface area (Å²) in [6.07, 6.45) is 1.71. The molecule has 0 saturated carbocycles. The Labute approximate surface area is 209 Å². The second-order valence-corrected chi connectivity index (χ2v) is 9.11. The minimum Gasteiger partial charge on any atom is -0.496 e. The van der Waals surface area contributed by atoms with Gasteiger partial charge in [0.15, 0.2) is 0 Å². The van der Waals surface area contributed by atoms with E-state index in [9.17, 15) is 8.78 Å². The number of methoxy groups -OCH3 is 1. The molecule has 0 radical (unpaired) electrons. The van der Waals surface area contributed by atoms with Crippen LogP contribution in [0.3, 0.4) is 0 Å². The monoisotopic (exact) mass is 488 g/mol. The molecular weight excluding hydrogens is 462 g/mol. The first-order valence-electron chi connectivity index (χ1n) is 11.3. The standard InChI is InChI=1S/C30H26F2O2S/c1-21(34-20-23-11-7-4-8-12-23)27-17-25(31)18-28(32)30(27)35-26-16-15-24(29(19-26)33-2)14-13-22-9-5-3-6-10-22/h3-12,15-19H,1,13-14,20H2,2H3. The van der Waals surface area contributed by atoms with Crippen LogP contribution in [0.1, 0.15) is 22.3 Å². The SMILES string of the molecule is C=C(OCc1ccccc1)c1cc(F)cc(F)c1Sc1ccc(CCc2ccccc2)c(OC)c1. The van der Waals surface area contributed by atoms with E-state index in [0.717, 1.165) is 40.7 Å². The zero-order valence-electron chi connectivity index (χ0n) is 19.5. The van der Waals surface area contributed by atoms with E-state index >= 15 is 0 Å². The van der Waals surface area contributed by atoms with Gasteiger partial charge in [-0.1, -0.05) is 85.1 Å². The molecule has 0 aliphatic carbocycles. The molecule has 0 N–H and O–H groups in total. The van der Waals surface area contributed by atoms with Gasteiger partial charge in [0.2, 0.25) is 0 Å². The van der Waals surface area contributed by atoms with Crippen LogP contribution in [0.2, 0.25) is 0 Å². The lowest BCUT2D eigenvalue weighted by molar-refractivity contribution is 0.264. The number of aryl methyl sites for hydroxylation is 2. The molecule has 2 nitrogen and oxygen atoms in total. The number of benzene rings is 4. The van der Waals surface area contributed by atoms with E-state index in [0.29, 0.717) is 0 Å². The molecule has 4 rings (SSSR count). The zero-order chi connectivity index (χ0) is 24.6. The van der Waals surface area contributed by atoms with Crippen LogP contribution in [-0.2, 0) is 24.2 Å². The lowest BCUT2D eigenvalue weighted by atomic mass is 10.0. The van der Waals surface area contributed by atoms with Gasteiger partial charge in [-0.25, -0.2) is 8.78 Å². The van der Waals surface area contributed by atoms with Gasteiger partial charge in [0.05, 0.1) is 12.0 Å². The highest BCUT2D eigenvalue weighted by atomic mass is 32.2. The number of halogens is 2. The molecule has 0 bridgehead atoms. The minimum atomic E-state index is -0.680. The zero-order valence-corrected chi connectivity index (χ0v) is 20.3. The molecule has 0 spiro atoms. The van der Waals surface area contributed by atoms with Crippen molar-refractivity contribution >= 4 is 17.5 Å². The van der Waals surface area contributed by atoms with Crippen molar-refractivity contribution in [2.24, 2.45) is 0 Å². The first kappa shape index (κ1) is 24.6. The number of ether oxygens (including phenoxy) is 2. The lowest BCUT2D eigenvalue weighted by Crippen LogP contribution is -1.99. The largest absolute Gasteiger partial charge is 0.496 e. The molecule has 0 atom stereocenters. The van der Waals surface area contributed by atoms with Crippen molar-refractivity contribution in [3.63, 3.8) is 0 Å².